The van der Waals surface area contributed by atoms with Crippen LogP contribution in [0, 0.1) is 13.8 Å². The van der Waals surface area contributed by atoms with Gasteiger partial charge in [-0.05, 0) is 26.3 Å². The van der Waals surface area contributed by atoms with Crippen molar-refractivity contribution >= 4 is 17.7 Å². The molecule has 0 aliphatic heterocycles. The molecule has 0 atom stereocenters. The topological polar surface area (TPSA) is 89.7 Å². The molecule has 0 unspecified atom stereocenters. The van der Waals surface area contributed by atoms with Crippen LogP contribution in [0.25, 0.3) is 5.78 Å². The highest BCUT2D eigenvalue weighted by Gasteiger charge is 2.18. The molecule has 2 rings (SSSR count). The zero-order chi connectivity index (χ0) is 16.3. The van der Waals surface area contributed by atoms with Crippen molar-refractivity contribution in [3.05, 3.63) is 23.3 Å². The third kappa shape index (κ3) is 3.38. The van der Waals surface area contributed by atoms with Crippen LogP contribution in [-0.4, -0.2) is 57.1 Å². The Balaban J connectivity index is 2.09. The molecule has 0 aliphatic rings. The molecule has 0 bridgehead atoms. The summed E-state index contributed by atoms with van der Waals surface area (Å²) in [6.07, 6.45) is 0.797. The molecule has 2 heterocycles. The molecule has 0 N–H and O–H groups in total. The van der Waals surface area contributed by atoms with Crippen LogP contribution in [0.4, 0.5) is 0 Å². The number of ether oxygens (including phenoxy) is 1. The number of carbonyl (C=O) groups excluding carboxylic acids is 2. The molecule has 0 aliphatic carbocycles. The molecule has 8 heteroatoms. The van der Waals surface area contributed by atoms with Crippen LogP contribution in [0.1, 0.15) is 34.8 Å². The minimum absolute atomic E-state index is 0.0989. The summed E-state index contributed by atoms with van der Waals surface area (Å²) in [5.41, 5.74) is 1.69. The second kappa shape index (κ2) is 6.50. The Labute approximate surface area is 128 Å². The standard InChI is InChI=1S/C14H19N5O3/c1-9-8-10(2)19-14(15-9)16-12(17-19)13(21)18(3)7-5-6-11(20)22-4/h8H,5-7H2,1-4H3. The average molecular weight is 305 g/mol. The van der Waals surface area contributed by atoms with Crippen molar-refractivity contribution in [3.8, 4) is 0 Å². The van der Waals surface area contributed by atoms with E-state index in [0.29, 0.717) is 18.7 Å². The van der Waals surface area contributed by atoms with Crippen LogP contribution in [0.5, 0.6) is 0 Å². The molecule has 0 radical (unpaired) electrons. The van der Waals surface area contributed by atoms with Crippen molar-refractivity contribution in [2.45, 2.75) is 26.7 Å². The van der Waals surface area contributed by atoms with E-state index in [4.69, 9.17) is 0 Å². The maximum absolute atomic E-state index is 12.3. The van der Waals surface area contributed by atoms with Gasteiger partial charge in [-0.3, -0.25) is 9.59 Å². The van der Waals surface area contributed by atoms with E-state index in [2.05, 4.69) is 19.8 Å². The van der Waals surface area contributed by atoms with Crippen LogP contribution in [0.3, 0.4) is 0 Å². The van der Waals surface area contributed by atoms with Gasteiger partial charge in [0.2, 0.25) is 5.82 Å². The predicted molar refractivity (Wildman–Crippen MR) is 78.5 cm³/mol. The highest BCUT2D eigenvalue weighted by atomic mass is 16.5. The van der Waals surface area contributed by atoms with Crippen LogP contribution < -0.4 is 0 Å². The number of esters is 1. The lowest BCUT2D eigenvalue weighted by Crippen LogP contribution is -2.29. The van der Waals surface area contributed by atoms with Gasteiger partial charge in [0.25, 0.3) is 11.7 Å². The minimum atomic E-state index is -0.299. The van der Waals surface area contributed by atoms with Crippen molar-refractivity contribution in [1.29, 1.82) is 0 Å². The van der Waals surface area contributed by atoms with E-state index in [1.54, 1.807) is 11.6 Å². The first-order valence-corrected chi connectivity index (χ1v) is 6.95. The number of carbonyl (C=O) groups is 2. The van der Waals surface area contributed by atoms with Crippen LogP contribution in [0.15, 0.2) is 6.07 Å². The Kier molecular flexibility index (Phi) is 4.69. The normalized spacial score (nSPS) is 10.7. The SMILES string of the molecule is COC(=O)CCCN(C)C(=O)c1nc2nc(C)cc(C)n2n1. The van der Waals surface area contributed by atoms with Crippen molar-refractivity contribution in [1.82, 2.24) is 24.5 Å². The third-order valence-corrected chi connectivity index (χ3v) is 3.26. The number of methoxy groups -OCH3 is 1. The molecule has 22 heavy (non-hydrogen) atoms. The molecule has 0 spiro atoms. The summed E-state index contributed by atoms with van der Waals surface area (Å²) < 4.78 is 6.11. The highest BCUT2D eigenvalue weighted by Crippen LogP contribution is 2.07. The fraction of sp³-hybridized carbons (Fsp3) is 0.500. The average Bonchev–Trinajstić information content (AvgIpc) is 2.90. The molecule has 0 aromatic carbocycles. The first kappa shape index (κ1) is 15.9. The molecule has 2 aromatic heterocycles. The van der Waals surface area contributed by atoms with E-state index in [0.717, 1.165) is 11.4 Å². The molecule has 1 amide bonds. The van der Waals surface area contributed by atoms with E-state index >= 15 is 0 Å². The molecule has 0 saturated carbocycles. The summed E-state index contributed by atoms with van der Waals surface area (Å²) in [6.45, 7) is 4.17. The lowest BCUT2D eigenvalue weighted by atomic mass is 10.3. The number of fused-ring (bicyclic) bond motifs is 1. The van der Waals surface area contributed by atoms with Crippen LogP contribution in [-0.2, 0) is 9.53 Å². The second-order valence-electron chi connectivity index (χ2n) is 5.09. The highest BCUT2D eigenvalue weighted by molar-refractivity contribution is 5.90. The van der Waals surface area contributed by atoms with Crippen LogP contribution in [0.2, 0.25) is 0 Å². The maximum atomic E-state index is 12.3. The first-order chi connectivity index (χ1) is 10.4. The van der Waals surface area contributed by atoms with E-state index in [1.165, 1.54) is 12.0 Å². The Morgan fingerprint density at radius 1 is 1.32 bits per heavy atom. The van der Waals surface area contributed by atoms with Gasteiger partial charge < -0.3 is 9.64 Å². The third-order valence-electron chi connectivity index (χ3n) is 3.26. The second-order valence-corrected chi connectivity index (χ2v) is 5.09. The van der Waals surface area contributed by atoms with E-state index in [-0.39, 0.29) is 24.1 Å². The van der Waals surface area contributed by atoms with Crippen molar-refractivity contribution < 1.29 is 14.3 Å². The van der Waals surface area contributed by atoms with E-state index < -0.39 is 0 Å². The summed E-state index contributed by atoms with van der Waals surface area (Å²) >= 11 is 0. The number of rotatable bonds is 5. The van der Waals surface area contributed by atoms with Gasteiger partial charge in [-0.25, -0.2) is 9.50 Å². The summed E-state index contributed by atoms with van der Waals surface area (Å²) in [4.78, 5) is 33.3. The molecule has 0 saturated heterocycles. The van der Waals surface area contributed by atoms with Gasteiger partial charge in [-0.1, -0.05) is 0 Å². The zero-order valence-corrected chi connectivity index (χ0v) is 13.2. The van der Waals surface area contributed by atoms with Crippen molar-refractivity contribution in [3.63, 3.8) is 0 Å². The smallest absolute Gasteiger partial charge is 0.305 e. The largest absolute Gasteiger partial charge is 0.469 e. The Morgan fingerprint density at radius 2 is 2.05 bits per heavy atom. The zero-order valence-electron chi connectivity index (χ0n) is 13.2. The van der Waals surface area contributed by atoms with Crippen LogP contribution >= 0.6 is 0 Å². The molecule has 0 fully saturated rings. The molecule has 118 valence electrons. The number of aryl methyl sites for hydroxylation is 2. The van der Waals surface area contributed by atoms with Gasteiger partial charge in [-0.2, -0.15) is 4.98 Å². The summed E-state index contributed by atoms with van der Waals surface area (Å²) in [6, 6.07) is 1.87. The maximum Gasteiger partial charge on any atom is 0.305 e. The summed E-state index contributed by atoms with van der Waals surface area (Å²) in [7, 11) is 2.99. The number of hydrogen-bond donors (Lipinski definition) is 0. The lowest BCUT2D eigenvalue weighted by Gasteiger charge is -2.14. The Hall–Kier alpha value is -2.51. The van der Waals surface area contributed by atoms with Crippen molar-refractivity contribution in [2.75, 3.05) is 20.7 Å². The van der Waals surface area contributed by atoms with Crippen molar-refractivity contribution in [2.24, 2.45) is 0 Å². The Morgan fingerprint density at radius 3 is 2.73 bits per heavy atom. The quantitative estimate of drug-likeness (QED) is 0.758. The minimum Gasteiger partial charge on any atom is -0.469 e. The monoisotopic (exact) mass is 305 g/mol. The predicted octanol–water partition coefficient (Wildman–Crippen LogP) is 0.766. The van der Waals surface area contributed by atoms with E-state index in [1.807, 2.05) is 19.9 Å². The molecule has 8 nitrogen and oxygen atoms in total. The van der Waals surface area contributed by atoms with Gasteiger partial charge in [0.15, 0.2) is 0 Å². The number of nitrogens with zero attached hydrogens (tertiary/aromatic N) is 5. The van der Waals surface area contributed by atoms with Gasteiger partial charge in [0.05, 0.1) is 7.11 Å². The fourth-order valence-corrected chi connectivity index (χ4v) is 2.09. The Bertz CT molecular complexity index is 710. The number of aromatic nitrogens is 4. The van der Waals surface area contributed by atoms with Gasteiger partial charge in [0, 0.05) is 31.4 Å². The molecular formula is C14H19N5O3. The van der Waals surface area contributed by atoms with Gasteiger partial charge in [-0.15, -0.1) is 5.10 Å². The summed E-state index contributed by atoms with van der Waals surface area (Å²) in [5, 5.41) is 4.19. The van der Waals surface area contributed by atoms with E-state index in [9.17, 15) is 9.59 Å². The fourth-order valence-electron chi connectivity index (χ4n) is 2.09. The number of amides is 1. The summed E-state index contributed by atoms with van der Waals surface area (Å²) in [5.74, 6) is -0.0833. The molecule has 2 aromatic rings. The lowest BCUT2D eigenvalue weighted by molar-refractivity contribution is -0.140. The number of hydrogen-bond acceptors (Lipinski definition) is 6. The van der Waals surface area contributed by atoms with Gasteiger partial charge >= 0.3 is 5.97 Å². The molecular weight excluding hydrogens is 286 g/mol. The first-order valence-electron chi connectivity index (χ1n) is 6.95. The van der Waals surface area contributed by atoms with Gasteiger partial charge in [0.1, 0.15) is 0 Å².